The van der Waals surface area contributed by atoms with Gasteiger partial charge < -0.3 is 14.4 Å². The summed E-state index contributed by atoms with van der Waals surface area (Å²) >= 11 is 0. The molecule has 4 aromatic rings. The van der Waals surface area contributed by atoms with Crippen molar-refractivity contribution in [1.82, 2.24) is 14.5 Å². The van der Waals surface area contributed by atoms with Crippen LogP contribution in [0.2, 0.25) is 0 Å². The summed E-state index contributed by atoms with van der Waals surface area (Å²) in [6.45, 7) is 4.33. The van der Waals surface area contributed by atoms with Gasteiger partial charge in [0, 0.05) is 12.1 Å². The fraction of sp³-hybridized carbons (Fsp3) is 0.222. The van der Waals surface area contributed by atoms with Crippen molar-refractivity contribution in [2.24, 2.45) is 0 Å². The van der Waals surface area contributed by atoms with Crippen LogP contribution in [0.5, 0.6) is 11.5 Å². The lowest BCUT2D eigenvalue weighted by atomic mass is 10.1. The zero-order valence-corrected chi connectivity index (χ0v) is 19.4. The summed E-state index contributed by atoms with van der Waals surface area (Å²) in [4.78, 5) is 33.8. The minimum Gasteiger partial charge on any atom is -0.454 e. The molecular weight excluding hydrogens is 449 g/mol. The van der Waals surface area contributed by atoms with E-state index in [9.17, 15) is 14.0 Å². The summed E-state index contributed by atoms with van der Waals surface area (Å²) in [6, 6.07) is 17.3. The smallest absolute Gasteiger partial charge is 0.266 e. The SMILES string of the molecule is CCC(c1nc2ccccc2c(=O)n1-c1ccc(F)cc1)N(CC)C(=O)c1ccc2c(c1)OCO2. The largest absolute Gasteiger partial charge is 0.454 e. The molecule has 0 fully saturated rings. The first-order valence-electron chi connectivity index (χ1n) is 11.5. The van der Waals surface area contributed by atoms with Gasteiger partial charge in [0.25, 0.3) is 11.5 Å². The van der Waals surface area contributed by atoms with Gasteiger partial charge in [-0.15, -0.1) is 0 Å². The highest BCUT2D eigenvalue weighted by atomic mass is 19.1. The lowest BCUT2D eigenvalue weighted by molar-refractivity contribution is 0.0671. The van der Waals surface area contributed by atoms with Crippen LogP contribution in [-0.2, 0) is 0 Å². The van der Waals surface area contributed by atoms with Gasteiger partial charge in [-0.25, -0.2) is 9.37 Å². The van der Waals surface area contributed by atoms with Crippen LogP contribution in [0.25, 0.3) is 16.6 Å². The number of benzene rings is 3. The van der Waals surface area contributed by atoms with Gasteiger partial charge >= 0.3 is 0 Å². The van der Waals surface area contributed by atoms with E-state index in [0.717, 1.165) is 0 Å². The van der Waals surface area contributed by atoms with E-state index in [2.05, 4.69) is 0 Å². The third-order valence-corrected chi connectivity index (χ3v) is 6.17. The van der Waals surface area contributed by atoms with E-state index in [1.54, 1.807) is 53.4 Å². The molecule has 178 valence electrons. The Kier molecular flexibility index (Phi) is 5.94. The molecule has 0 aliphatic carbocycles. The Bertz CT molecular complexity index is 1470. The lowest BCUT2D eigenvalue weighted by Gasteiger charge is -2.31. The summed E-state index contributed by atoms with van der Waals surface area (Å²) in [6.07, 6.45) is 0.510. The first-order valence-corrected chi connectivity index (χ1v) is 11.5. The van der Waals surface area contributed by atoms with Crippen LogP contribution in [0.4, 0.5) is 4.39 Å². The van der Waals surface area contributed by atoms with E-state index in [1.807, 2.05) is 19.9 Å². The van der Waals surface area contributed by atoms with Crippen LogP contribution >= 0.6 is 0 Å². The Morgan fingerprint density at radius 2 is 1.80 bits per heavy atom. The highest BCUT2D eigenvalue weighted by Gasteiger charge is 2.29. The van der Waals surface area contributed by atoms with Crippen LogP contribution in [0.15, 0.2) is 71.5 Å². The number of ether oxygens (including phenoxy) is 2. The van der Waals surface area contributed by atoms with Crippen molar-refractivity contribution in [3.63, 3.8) is 0 Å². The second-order valence-corrected chi connectivity index (χ2v) is 8.19. The Hall–Kier alpha value is -4.20. The van der Waals surface area contributed by atoms with Gasteiger partial charge in [-0.1, -0.05) is 19.1 Å². The normalized spacial score (nSPS) is 13.1. The molecule has 0 N–H and O–H groups in total. The number of amides is 1. The Balaban J connectivity index is 1.66. The lowest BCUT2D eigenvalue weighted by Crippen LogP contribution is -2.38. The first-order chi connectivity index (χ1) is 17.0. The van der Waals surface area contributed by atoms with Crippen molar-refractivity contribution in [2.45, 2.75) is 26.3 Å². The zero-order chi connectivity index (χ0) is 24.5. The summed E-state index contributed by atoms with van der Waals surface area (Å²) < 4.78 is 26.0. The number of hydrogen-bond donors (Lipinski definition) is 0. The second-order valence-electron chi connectivity index (χ2n) is 8.19. The molecule has 0 radical (unpaired) electrons. The van der Waals surface area contributed by atoms with Crippen LogP contribution < -0.4 is 15.0 Å². The molecule has 1 aliphatic heterocycles. The van der Waals surface area contributed by atoms with Crippen molar-refractivity contribution < 1.29 is 18.7 Å². The highest BCUT2D eigenvalue weighted by molar-refractivity contribution is 5.95. The van der Waals surface area contributed by atoms with Crippen molar-refractivity contribution in [3.8, 4) is 17.2 Å². The molecule has 3 aromatic carbocycles. The predicted octanol–water partition coefficient (Wildman–Crippen LogP) is 4.87. The molecule has 0 saturated carbocycles. The fourth-order valence-electron chi connectivity index (χ4n) is 4.46. The maximum absolute atomic E-state index is 13.7. The van der Waals surface area contributed by atoms with Gasteiger partial charge in [0.05, 0.1) is 22.6 Å². The van der Waals surface area contributed by atoms with E-state index < -0.39 is 11.9 Å². The minimum atomic E-state index is -0.514. The molecule has 1 amide bonds. The maximum atomic E-state index is 13.7. The van der Waals surface area contributed by atoms with Gasteiger partial charge in [-0.05, 0) is 67.9 Å². The summed E-state index contributed by atoms with van der Waals surface area (Å²) in [7, 11) is 0. The van der Waals surface area contributed by atoms with Crippen LogP contribution in [0.1, 0.15) is 42.5 Å². The number of carbonyl (C=O) groups is 1. The van der Waals surface area contributed by atoms with E-state index in [-0.39, 0.29) is 18.3 Å². The number of fused-ring (bicyclic) bond motifs is 2. The number of nitrogens with zero attached hydrogens (tertiary/aromatic N) is 3. The Morgan fingerprint density at radius 3 is 2.54 bits per heavy atom. The van der Waals surface area contributed by atoms with Crippen LogP contribution in [-0.4, -0.2) is 33.7 Å². The monoisotopic (exact) mass is 473 g/mol. The van der Waals surface area contributed by atoms with Crippen molar-refractivity contribution in [2.75, 3.05) is 13.3 Å². The number of hydrogen-bond acceptors (Lipinski definition) is 5. The van der Waals surface area contributed by atoms with Crippen LogP contribution in [0.3, 0.4) is 0 Å². The molecule has 2 heterocycles. The summed E-state index contributed by atoms with van der Waals surface area (Å²) in [5.74, 6) is 0.909. The molecule has 8 heteroatoms. The molecule has 0 saturated heterocycles. The average molecular weight is 474 g/mol. The molecule has 7 nitrogen and oxygen atoms in total. The van der Waals surface area contributed by atoms with Gasteiger partial charge in [0.1, 0.15) is 11.6 Å². The molecule has 0 bridgehead atoms. The molecule has 1 aliphatic rings. The second kappa shape index (κ2) is 9.21. The third-order valence-electron chi connectivity index (χ3n) is 6.17. The fourth-order valence-corrected chi connectivity index (χ4v) is 4.46. The first kappa shape index (κ1) is 22.6. The van der Waals surface area contributed by atoms with E-state index in [0.29, 0.717) is 52.4 Å². The number of rotatable bonds is 6. The molecule has 35 heavy (non-hydrogen) atoms. The van der Waals surface area contributed by atoms with E-state index >= 15 is 0 Å². The molecule has 0 spiro atoms. The van der Waals surface area contributed by atoms with Crippen LogP contribution in [0, 0.1) is 5.82 Å². The predicted molar refractivity (Wildman–Crippen MR) is 130 cm³/mol. The van der Waals surface area contributed by atoms with E-state index in [1.165, 1.54) is 16.7 Å². The topological polar surface area (TPSA) is 73.7 Å². The number of para-hydroxylation sites is 1. The maximum Gasteiger partial charge on any atom is 0.266 e. The zero-order valence-electron chi connectivity index (χ0n) is 19.4. The minimum absolute atomic E-state index is 0.118. The van der Waals surface area contributed by atoms with Gasteiger partial charge in [-0.2, -0.15) is 0 Å². The van der Waals surface area contributed by atoms with E-state index in [4.69, 9.17) is 14.5 Å². The van der Waals surface area contributed by atoms with Crippen molar-refractivity contribution >= 4 is 16.8 Å². The number of carbonyl (C=O) groups excluding carboxylic acids is 1. The summed E-state index contributed by atoms with van der Waals surface area (Å²) in [5.41, 5.74) is 1.19. The van der Waals surface area contributed by atoms with Gasteiger partial charge in [-0.3, -0.25) is 14.2 Å². The van der Waals surface area contributed by atoms with Gasteiger partial charge in [0.2, 0.25) is 6.79 Å². The Labute approximate surface area is 201 Å². The van der Waals surface area contributed by atoms with Crippen molar-refractivity contribution in [1.29, 1.82) is 0 Å². The standard InChI is InChI=1S/C27H24FN3O4/c1-3-22(30(4-2)26(32)17-9-14-23-24(15-17)35-16-34-23)25-29-21-8-6-5-7-20(21)27(33)31(25)19-12-10-18(28)11-13-19/h5-15,22H,3-4,16H2,1-2H3. The van der Waals surface area contributed by atoms with Crippen molar-refractivity contribution in [3.05, 3.63) is 94.3 Å². The molecule has 1 unspecified atom stereocenters. The molecule has 1 atom stereocenters. The highest BCUT2D eigenvalue weighted by Crippen LogP contribution is 2.34. The quantitative estimate of drug-likeness (QED) is 0.400. The average Bonchev–Trinajstić information content (AvgIpc) is 3.36. The number of aromatic nitrogens is 2. The third kappa shape index (κ3) is 4.01. The summed E-state index contributed by atoms with van der Waals surface area (Å²) in [5, 5.41) is 0.445. The Morgan fingerprint density at radius 1 is 1.06 bits per heavy atom. The number of halogens is 1. The molecule has 5 rings (SSSR count). The molecular formula is C27H24FN3O4. The van der Waals surface area contributed by atoms with Gasteiger partial charge in [0.15, 0.2) is 11.5 Å². The molecule has 1 aromatic heterocycles.